The van der Waals surface area contributed by atoms with Crippen molar-refractivity contribution < 1.29 is 4.74 Å². The highest BCUT2D eigenvalue weighted by Gasteiger charge is 2.20. The summed E-state index contributed by atoms with van der Waals surface area (Å²) in [4.78, 5) is 7.37. The highest BCUT2D eigenvalue weighted by atomic mass is 79.9. The summed E-state index contributed by atoms with van der Waals surface area (Å²) in [5.41, 5.74) is 2.49. The molecule has 19 heavy (non-hydrogen) atoms. The maximum Gasteiger partial charge on any atom is 0.233 e. The smallest absolute Gasteiger partial charge is 0.233 e. The summed E-state index contributed by atoms with van der Waals surface area (Å²) < 4.78 is 7.90. The van der Waals surface area contributed by atoms with Crippen LogP contribution in [0.1, 0.15) is 0 Å². The Bertz CT molecular complexity index is 752. The molecule has 0 spiro atoms. The number of aromatic nitrogens is 5. The van der Waals surface area contributed by atoms with Crippen LogP contribution < -0.4 is 4.74 Å². The van der Waals surface area contributed by atoms with Crippen molar-refractivity contribution in [2.75, 3.05) is 7.11 Å². The Morgan fingerprint density at radius 2 is 2.26 bits per heavy atom. The van der Waals surface area contributed by atoms with Crippen molar-refractivity contribution in [2.24, 2.45) is 7.05 Å². The van der Waals surface area contributed by atoms with Crippen molar-refractivity contribution in [3.05, 3.63) is 21.9 Å². The Balaban J connectivity index is 2.37. The van der Waals surface area contributed by atoms with Gasteiger partial charge in [0.15, 0.2) is 5.82 Å². The lowest BCUT2D eigenvalue weighted by molar-refractivity contribution is 0.400. The number of aryl methyl sites for hydroxylation is 1. The molecular weight excluding hydrogens is 334 g/mol. The Morgan fingerprint density at radius 3 is 2.89 bits per heavy atom. The van der Waals surface area contributed by atoms with Crippen LogP contribution in [0.4, 0.5) is 0 Å². The van der Waals surface area contributed by atoms with E-state index in [1.807, 2.05) is 17.7 Å². The van der Waals surface area contributed by atoms with Crippen LogP contribution in [0.5, 0.6) is 5.88 Å². The van der Waals surface area contributed by atoms with E-state index in [1.165, 1.54) is 13.4 Å². The molecule has 0 atom stereocenters. The first-order chi connectivity index (χ1) is 9.13. The molecular formula is C11H9BrClN5O. The molecule has 1 N–H and O–H groups in total. The van der Waals surface area contributed by atoms with Crippen LogP contribution in [-0.4, -0.2) is 31.8 Å². The maximum atomic E-state index is 6.11. The van der Waals surface area contributed by atoms with Gasteiger partial charge >= 0.3 is 0 Å². The standard InChI is InChI=1S/C11H9BrClN5O/c1-18-6-3-5(13)11(19-2)16-8(6)7(12)9(18)10-14-4-15-17-10/h3-4H,1-2H3,(H,14,15,17). The Hall–Kier alpha value is -1.60. The van der Waals surface area contributed by atoms with E-state index in [0.717, 1.165) is 21.2 Å². The number of aromatic amines is 1. The minimum absolute atomic E-state index is 0.393. The molecule has 0 amide bonds. The average Bonchev–Trinajstić information content (AvgIpc) is 2.98. The van der Waals surface area contributed by atoms with Gasteiger partial charge in [0.25, 0.3) is 0 Å². The number of nitrogens with one attached hydrogen (secondary N) is 1. The fourth-order valence-electron chi connectivity index (χ4n) is 1.99. The third-order valence-electron chi connectivity index (χ3n) is 2.87. The third kappa shape index (κ3) is 1.81. The fraction of sp³-hybridized carbons (Fsp3) is 0.182. The van der Waals surface area contributed by atoms with E-state index < -0.39 is 0 Å². The van der Waals surface area contributed by atoms with Gasteiger partial charge in [0, 0.05) is 7.05 Å². The summed E-state index contributed by atoms with van der Waals surface area (Å²) in [7, 11) is 3.45. The van der Waals surface area contributed by atoms with Gasteiger partial charge in [0.05, 0.1) is 17.1 Å². The number of methoxy groups -OCH3 is 1. The normalized spacial score (nSPS) is 11.2. The van der Waals surface area contributed by atoms with Crippen LogP contribution in [0.2, 0.25) is 5.02 Å². The lowest BCUT2D eigenvalue weighted by atomic mass is 10.3. The first-order valence-electron chi connectivity index (χ1n) is 5.38. The van der Waals surface area contributed by atoms with E-state index in [9.17, 15) is 0 Å². The van der Waals surface area contributed by atoms with Gasteiger partial charge in [-0.2, -0.15) is 0 Å². The zero-order valence-corrected chi connectivity index (χ0v) is 12.4. The average molecular weight is 343 g/mol. The fourth-order valence-corrected chi connectivity index (χ4v) is 2.95. The van der Waals surface area contributed by atoms with Gasteiger partial charge < -0.3 is 14.3 Å². The molecule has 0 saturated carbocycles. The number of H-pyrrole nitrogens is 1. The van der Waals surface area contributed by atoms with E-state index in [2.05, 4.69) is 36.1 Å². The van der Waals surface area contributed by atoms with Gasteiger partial charge in [-0.15, -0.1) is 10.2 Å². The number of hydrogen-bond acceptors (Lipinski definition) is 4. The molecule has 0 aromatic carbocycles. The predicted molar refractivity (Wildman–Crippen MR) is 75.4 cm³/mol. The van der Waals surface area contributed by atoms with E-state index in [-0.39, 0.29) is 0 Å². The van der Waals surface area contributed by atoms with Crippen LogP contribution in [-0.2, 0) is 7.05 Å². The molecule has 3 aromatic heterocycles. The molecule has 0 aliphatic rings. The molecule has 3 aromatic rings. The first kappa shape index (κ1) is 12.4. The molecule has 3 heterocycles. The molecule has 0 radical (unpaired) electrons. The van der Waals surface area contributed by atoms with E-state index in [0.29, 0.717) is 16.7 Å². The quantitative estimate of drug-likeness (QED) is 0.777. The van der Waals surface area contributed by atoms with Gasteiger partial charge in [-0.05, 0) is 22.0 Å². The molecule has 0 aliphatic heterocycles. The van der Waals surface area contributed by atoms with Crippen LogP contribution in [0.25, 0.3) is 22.6 Å². The van der Waals surface area contributed by atoms with Crippen molar-refractivity contribution in [2.45, 2.75) is 0 Å². The number of pyridine rings is 1. The molecule has 6 nitrogen and oxygen atoms in total. The van der Waals surface area contributed by atoms with Crippen molar-refractivity contribution in [1.29, 1.82) is 0 Å². The van der Waals surface area contributed by atoms with E-state index in [1.54, 1.807) is 0 Å². The Kier molecular flexibility index (Phi) is 2.94. The lowest BCUT2D eigenvalue weighted by Gasteiger charge is -2.03. The van der Waals surface area contributed by atoms with Gasteiger partial charge in [0.2, 0.25) is 5.88 Å². The minimum atomic E-state index is 0.393. The van der Waals surface area contributed by atoms with Crippen LogP contribution in [0, 0.1) is 0 Å². The van der Waals surface area contributed by atoms with Gasteiger partial charge in [-0.3, -0.25) is 0 Å². The molecule has 8 heteroatoms. The monoisotopic (exact) mass is 341 g/mol. The van der Waals surface area contributed by atoms with Crippen LogP contribution in [0.15, 0.2) is 16.9 Å². The summed E-state index contributed by atoms with van der Waals surface area (Å²) >= 11 is 9.65. The van der Waals surface area contributed by atoms with Crippen LogP contribution >= 0.6 is 27.5 Å². The summed E-state index contributed by atoms with van der Waals surface area (Å²) in [6.45, 7) is 0. The number of hydrogen-bond donors (Lipinski definition) is 1. The predicted octanol–water partition coefficient (Wildman–Crippen LogP) is 2.78. The zero-order valence-electron chi connectivity index (χ0n) is 10.1. The van der Waals surface area contributed by atoms with Crippen LogP contribution in [0.3, 0.4) is 0 Å². The number of halogens is 2. The highest BCUT2D eigenvalue weighted by Crippen LogP contribution is 2.37. The van der Waals surface area contributed by atoms with Gasteiger partial charge in [-0.1, -0.05) is 11.6 Å². The molecule has 0 unspecified atom stereocenters. The Morgan fingerprint density at radius 1 is 1.47 bits per heavy atom. The lowest BCUT2D eigenvalue weighted by Crippen LogP contribution is -1.94. The first-order valence-corrected chi connectivity index (χ1v) is 6.55. The molecule has 0 saturated heterocycles. The maximum absolute atomic E-state index is 6.11. The SMILES string of the molecule is COc1nc2c(Br)c(-c3nnc[nH]3)n(C)c2cc1Cl. The number of fused-ring (bicyclic) bond motifs is 1. The molecule has 0 bridgehead atoms. The van der Waals surface area contributed by atoms with Crippen molar-refractivity contribution in [3.63, 3.8) is 0 Å². The van der Waals surface area contributed by atoms with Crippen molar-refractivity contribution in [3.8, 4) is 17.4 Å². The second-order valence-electron chi connectivity index (χ2n) is 3.91. The van der Waals surface area contributed by atoms with E-state index in [4.69, 9.17) is 16.3 Å². The third-order valence-corrected chi connectivity index (χ3v) is 3.89. The summed E-state index contributed by atoms with van der Waals surface area (Å²) in [6.07, 6.45) is 1.53. The summed E-state index contributed by atoms with van der Waals surface area (Å²) in [6, 6.07) is 1.81. The molecule has 0 aliphatic carbocycles. The largest absolute Gasteiger partial charge is 0.480 e. The zero-order chi connectivity index (χ0) is 13.6. The van der Waals surface area contributed by atoms with E-state index >= 15 is 0 Å². The Labute approximate surface area is 121 Å². The molecule has 3 rings (SSSR count). The number of ether oxygens (including phenoxy) is 1. The second-order valence-corrected chi connectivity index (χ2v) is 5.11. The van der Waals surface area contributed by atoms with Crippen molar-refractivity contribution in [1.82, 2.24) is 24.7 Å². The number of nitrogens with zero attached hydrogens (tertiary/aromatic N) is 4. The molecule has 98 valence electrons. The van der Waals surface area contributed by atoms with Gasteiger partial charge in [0.1, 0.15) is 22.6 Å². The highest BCUT2D eigenvalue weighted by molar-refractivity contribution is 9.10. The van der Waals surface area contributed by atoms with Gasteiger partial charge in [-0.25, -0.2) is 4.98 Å². The minimum Gasteiger partial charge on any atom is -0.480 e. The number of rotatable bonds is 2. The van der Waals surface area contributed by atoms with Crippen molar-refractivity contribution >= 4 is 38.6 Å². The second kappa shape index (κ2) is 4.50. The summed E-state index contributed by atoms with van der Waals surface area (Å²) in [5.74, 6) is 1.05. The summed E-state index contributed by atoms with van der Waals surface area (Å²) in [5, 5.41) is 8.28. The molecule has 0 fully saturated rings. The topological polar surface area (TPSA) is 68.6 Å².